The number of nitrogen functional groups attached to an aromatic ring is 1. The summed E-state index contributed by atoms with van der Waals surface area (Å²) in [6.45, 7) is -0.0113. The first-order valence-electron chi connectivity index (χ1n) is 5.68. The topological polar surface area (TPSA) is 59.1 Å². The smallest absolute Gasteiger partial charge is 0.200 e. The summed E-state index contributed by atoms with van der Waals surface area (Å²) in [6.07, 6.45) is 0. The molecule has 3 N–H and O–H groups in total. The van der Waals surface area contributed by atoms with Gasteiger partial charge in [-0.05, 0) is 12.1 Å². The summed E-state index contributed by atoms with van der Waals surface area (Å²) < 4.78 is 32.4. The van der Waals surface area contributed by atoms with Gasteiger partial charge in [-0.3, -0.25) is 5.41 Å². The van der Waals surface area contributed by atoms with Gasteiger partial charge < -0.3 is 10.5 Å². The lowest BCUT2D eigenvalue weighted by Crippen LogP contribution is -2.14. The van der Waals surface area contributed by atoms with Crippen molar-refractivity contribution in [1.82, 2.24) is 0 Å². The molecule has 0 aromatic heterocycles. The largest absolute Gasteiger partial charge is 0.486 e. The first-order valence-corrected chi connectivity index (χ1v) is 6.48. The highest BCUT2D eigenvalue weighted by atomic mass is 79.9. The number of halogens is 3. The Morgan fingerprint density at radius 3 is 2.65 bits per heavy atom. The second-order valence-corrected chi connectivity index (χ2v) is 4.97. The number of amidine groups is 1. The zero-order valence-electron chi connectivity index (χ0n) is 10.3. The van der Waals surface area contributed by atoms with Crippen LogP contribution in [0.3, 0.4) is 0 Å². The Kier molecular flexibility index (Phi) is 4.34. The zero-order chi connectivity index (χ0) is 14.7. The molecule has 0 aliphatic rings. The highest BCUT2D eigenvalue weighted by Gasteiger charge is 2.12. The zero-order valence-corrected chi connectivity index (χ0v) is 11.9. The van der Waals surface area contributed by atoms with Crippen molar-refractivity contribution in [2.75, 3.05) is 0 Å². The Balaban J connectivity index is 2.24. The monoisotopic (exact) mass is 340 g/mol. The Hall–Kier alpha value is -1.95. The minimum atomic E-state index is -1.05. The predicted octanol–water partition coefficient (Wildman–Crippen LogP) is 3.59. The molecule has 0 aliphatic carbocycles. The van der Waals surface area contributed by atoms with Gasteiger partial charge in [-0.15, -0.1) is 0 Å². The molecular weight excluding hydrogens is 330 g/mol. The summed E-state index contributed by atoms with van der Waals surface area (Å²) in [4.78, 5) is 0. The number of nitrogens with one attached hydrogen (secondary N) is 1. The van der Waals surface area contributed by atoms with E-state index in [1.54, 1.807) is 24.3 Å². The summed E-state index contributed by atoms with van der Waals surface area (Å²) in [5.74, 6) is -2.34. The van der Waals surface area contributed by atoms with E-state index in [-0.39, 0.29) is 18.2 Å². The maximum absolute atomic E-state index is 13.6. The quantitative estimate of drug-likeness (QED) is 0.507. The molecule has 0 spiro atoms. The van der Waals surface area contributed by atoms with E-state index in [2.05, 4.69) is 15.9 Å². The van der Waals surface area contributed by atoms with Crippen LogP contribution in [-0.4, -0.2) is 5.84 Å². The lowest BCUT2D eigenvalue weighted by atomic mass is 10.1. The predicted molar refractivity (Wildman–Crippen MR) is 75.8 cm³/mol. The van der Waals surface area contributed by atoms with Crippen molar-refractivity contribution in [2.45, 2.75) is 6.61 Å². The molecule has 20 heavy (non-hydrogen) atoms. The number of hydrogen-bond acceptors (Lipinski definition) is 2. The standard InChI is InChI=1S/C14H11BrF2N2O/c15-9-5-11(16)13(17)12(6-9)20-7-8-3-1-2-4-10(8)14(18)19/h1-6H,7H2,(H3,18,19). The molecule has 0 heterocycles. The molecule has 6 heteroatoms. The van der Waals surface area contributed by atoms with E-state index < -0.39 is 11.6 Å². The number of rotatable bonds is 4. The fourth-order valence-corrected chi connectivity index (χ4v) is 2.11. The molecule has 0 saturated carbocycles. The Morgan fingerprint density at radius 1 is 1.25 bits per heavy atom. The van der Waals surface area contributed by atoms with Gasteiger partial charge in [0.15, 0.2) is 11.6 Å². The maximum Gasteiger partial charge on any atom is 0.200 e. The third-order valence-electron chi connectivity index (χ3n) is 2.65. The molecule has 0 atom stereocenters. The van der Waals surface area contributed by atoms with Gasteiger partial charge >= 0.3 is 0 Å². The van der Waals surface area contributed by atoms with Gasteiger partial charge in [0.1, 0.15) is 12.4 Å². The van der Waals surface area contributed by atoms with Gasteiger partial charge in [0.2, 0.25) is 5.82 Å². The minimum Gasteiger partial charge on any atom is -0.486 e. The van der Waals surface area contributed by atoms with Crippen molar-refractivity contribution in [3.8, 4) is 5.75 Å². The highest BCUT2D eigenvalue weighted by molar-refractivity contribution is 9.10. The molecule has 0 unspecified atom stereocenters. The van der Waals surface area contributed by atoms with Crippen LogP contribution in [0.15, 0.2) is 40.9 Å². The molecule has 2 rings (SSSR count). The van der Waals surface area contributed by atoms with E-state index in [9.17, 15) is 8.78 Å². The second-order valence-electron chi connectivity index (χ2n) is 4.06. The van der Waals surface area contributed by atoms with Gasteiger partial charge in [0.05, 0.1) is 0 Å². The molecule has 3 nitrogen and oxygen atoms in total. The first-order chi connectivity index (χ1) is 9.49. The lowest BCUT2D eigenvalue weighted by molar-refractivity contribution is 0.284. The van der Waals surface area contributed by atoms with Crippen LogP contribution >= 0.6 is 15.9 Å². The van der Waals surface area contributed by atoms with E-state index in [1.165, 1.54) is 6.07 Å². The Bertz CT molecular complexity index is 662. The SMILES string of the molecule is N=C(N)c1ccccc1COc1cc(Br)cc(F)c1F. The highest BCUT2D eigenvalue weighted by Crippen LogP contribution is 2.26. The third kappa shape index (κ3) is 3.14. The molecular formula is C14H11BrF2N2O. The van der Waals surface area contributed by atoms with E-state index in [0.717, 1.165) is 6.07 Å². The van der Waals surface area contributed by atoms with Crippen molar-refractivity contribution in [2.24, 2.45) is 5.73 Å². The van der Waals surface area contributed by atoms with E-state index in [1.807, 2.05) is 0 Å². The molecule has 2 aromatic rings. The second kappa shape index (κ2) is 6.00. The molecule has 0 saturated heterocycles. The van der Waals surface area contributed by atoms with Crippen LogP contribution in [0, 0.1) is 17.0 Å². The number of benzene rings is 2. The van der Waals surface area contributed by atoms with Crippen molar-refractivity contribution < 1.29 is 13.5 Å². The molecule has 0 fully saturated rings. The summed E-state index contributed by atoms with van der Waals surface area (Å²) >= 11 is 3.07. The van der Waals surface area contributed by atoms with Crippen LogP contribution in [0.25, 0.3) is 0 Å². The van der Waals surface area contributed by atoms with Crippen LogP contribution in [-0.2, 0) is 6.61 Å². The molecule has 2 aromatic carbocycles. The van der Waals surface area contributed by atoms with Crippen molar-refractivity contribution >= 4 is 21.8 Å². The number of hydrogen-bond donors (Lipinski definition) is 2. The molecule has 0 radical (unpaired) electrons. The average molecular weight is 341 g/mol. The summed E-state index contributed by atoms with van der Waals surface area (Å²) in [7, 11) is 0. The molecule has 0 amide bonds. The van der Waals surface area contributed by atoms with Crippen LogP contribution in [0.1, 0.15) is 11.1 Å². The fraction of sp³-hybridized carbons (Fsp3) is 0.0714. The van der Waals surface area contributed by atoms with E-state index >= 15 is 0 Å². The summed E-state index contributed by atoms with van der Waals surface area (Å²) in [5.41, 5.74) is 6.58. The van der Waals surface area contributed by atoms with Crippen LogP contribution in [0.2, 0.25) is 0 Å². The minimum absolute atomic E-state index is 0.0113. The van der Waals surface area contributed by atoms with Crippen molar-refractivity contribution in [3.63, 3.8) is 0 Å². The summed E-state index contributed by atoms with van der Waals surface area (Å²) in [6, 6.07) is 9.23. The number of ether oxygens (including phenoxy) is 1. The summed E-state index contributed by atoms with van der Waals surface area (Å²) in [5, 5.41) is 7.45. The van der Waals surface area contributed by atoms with Gasteiger partial charge in [-0.1, -0.05) is 40.2 Å². The number of nitrogens with two attached hydrogens (primary N) is 1. The average Bonchev–Trinajstić information content (AvgIpc) is 2.41. The van der Waals surface area contributed by atoms with Gasteiger partial charge in [0, 0.05) is 15.6 Å². The molecule has 0 aliphatic heterocycles. The molecule has 104 valence electrons. The van der Waals surface area contributed by atoms with Crippen LogP contribution < -0.4 is 10.5 Å². The third-order valence-corrected chi connectivity index (χ3v) is 3.11. The fourth-order valence-electron chi connectivity index (χ4n) is 1.70. The van der Waals surface area contributed by atoms with Crippen molar-refractivity contribution in [3.05, 3.63) is 63.6 Å². The first kappa shape index (κ1) is 14.5. The van der Waals surface area contributed by atoms with Gasteiger partial charge in [0.25, 0.3) is 0 Å². The normalized spacial score (nSPS) is 10.3. The van der Waals surface area contributed by atoms with Crippen LogP contribution in [0.4, 0.5) is 8.78 Å². The Morgan fingerprint density at radius 2 is 1.95 bits per heavy atom. The van der Waals surface area contributed by atoms with E-state index in [4.69, 9.17) is 15.9 Å². The van der Waals surface area contributed by atoms with Gasteiger partial charge in [-0.25, -0.2) is 4.39 Å². The van der Waals surface area contributed by atoms with E-state index in [0.29, 0.717) is 15.6 Å². The van der Waals surface area contributed by atoms with Gasteiger partial charge in [-0.2, -0.15) is 4.39 Å². The maximum atomic E-state index is 13.6. The molecule has 0 bridgehead atoms. The van der Waals surface area contributed by atoms with Crippen LogP contribution in [0.5, 0.6) is 5.75 Å². The van der Waals surface area contributed by atoms with Crippen molar-refractivity contribution in [1.29, 1.82) is 5.41 Å². The lowest BCUT2D eigenvalue weighted by Gasteiger charge is -2.11. The Labute approximate surface area is 123 Å².